The third kappa shape index (κ3) is 4.65. The summed E-state index contributed by atoms with van der Waals surface area (Å²) in [7, 11) is 0. The molecule has 0 aliphatic carbocycles. The van der Waals surface area contributed by atoms with Crippen LogP contribution in [0.3, 0.4) is 0 Å². The maximum absolute atomic E-state index is 11.0. The Morgan fingerprint density at radius 1 is 1.09 bits per heavy atom. The van der Waals surface area contributed by atoms with Crippen LogP contribution in [0.4, 0.5) is 5.69 Å². The van der Waals surface area contributed by atoms with Gasteiger partial charge >= 0.3 is 0 Å². The van der Waals surface area contributed by atoms with Gasteiger partial charge < -0.3 is 19.4 Å². The highest BCUT2D eigenvalue weighted by molar-refractivity contribution is 7.80. The van der Waals surface area contributed by atoms with Gasteiger partial charge in [-0.1, -0.05) is 6.07 Å². The number of nitro groups is 1. The largest absolute Gasteiger partial charge is 0.459 e. The first-order valence-electron chi connectivity index (χ1n) is 11.2. The lowest BCUT2D eigenvalue weighted by Crippen LogP contribution is -2.42. The molecule has 2 atom stereocenters. The summed E-state index contributed by atoms with van der Waals surface area (Å²) >= 11 is 5.74. The third-order valence-electron chi connectivity index (χ3n) is 6.24. The maximum Gasteiger partial charge on any atom is 0.269 e. The second kappa shape index (κ2) is 9.88. The lowest BCUT2D eigenvalue weighted by atomic mass is 10.0. The fourth-order valence-corrected chi connectivity index (χ4v) is 4.78. The van der Waals surface area contributed by atoms with Gasteiger partial charge in [-0.3, -0.25) is 20.0 Å². The van der Waals surface area contributed by atoms with Gasteiger partial charge in [0.05, 0.1) is 29.9 Å². The summed E-state index contributed by atoms with van der Waals surface area (Å²) in [6, 6.07) is 15.7. The molecule has 0 amide bonds. The number of nitrogens with one attached hydrogen (secondary N) is 1. The van der Waals surface area contributed by atoms with Crippen LogP contribution in [-0.2, 0) is 4.74 Å². The fraction of sp³-hybridized carbons (Fsp3) is 0.333. The fourth-order valence-electron chi connectivity index (χ4n) is 4.44. The number of nitro benzene ring substituents is 1. The van der Waals surface area contributed by atoms with E-state index in [0.29, 0.717) is 10.9 Å². The Kier molecular flexibility index (Phi) is 6.52. The van der Waals surface area contributed by atoms with Gasteiger partial charge in [-0.05, 0) is 48.6 Å². The lowest BCUT2D eigenvalue weighted by Gasteiger charge is -2.31. The zero-order valence-corrected chi connectivity index (χ0v) is 19.3. The number of pyridine rings is 1. The van der Waals surface area contributed by atoms with Crippen LogP contribution < -0.4 is 5.32 Å². The monoisotopic (exact) mass is 479 g/mol. The van der Waals surface area contributed by atoms with Crippen molar-refractivity contribution in [1.29, 1.82) is 0 Å². The zero-order chi connectivity index (χ0) is 23.5. The molecule has 0 unspecified atom stereocenters. The molecule has 0 spiro atoms. The number of thiocarbonyl (C=S) groups is 1. The average molecular weight is 480 g/mol. The van der Waals surface area contributed by atoms with Crippen molar-refractivity contribution in [3.63, 3.8) is 0 Å². The normalized spacial score (nSPS) is 20.9. The van der Waals surface area contributed by atoms with Gasteiger partial charge in [-0.25, -0.2) is 0 Å². The number of ether oxygens (including phenoxy) is 1. The van der Waals surface area contributed by atoms with Crippen molar-refractivity contribution in [3.05, 3.63) is 82.4 Å². The summed E-state index contributed by atoms with van der Waals surface area (Å²) in [5.41, 5.74) is 1.71. The molecule has 0 radical (unpaired) electrons. The van der Waals surface area contributed by atoms with E-state index >= 15 is 0 Å². The molecule has 2 aliphatic rings. The van der Waals surface area contributed by atoms with Crippen LogP contribution in [0.1, 0.15) is 23.5 Å². The Hall–Kier alpha value is -3.34. The van der Waals surface area contributed by atoms with Crippen LogP contribution in [0, 0.1) is 10.1 Å². The molecule has 2 fully saturated rings. The van der Waals surface area contributed by atoms with Crippen molar-refractivity contribution in [2.75, 3.05) is 39.4 Å². The quantitative estimate of drug-likeness (QED) is 0.310. The van der Waals surface area contributed by atoms with E-state index in [1.54, 1.807) is 18.3 Å². The summed E-state index contributed by atoms with van der Waals surface area (Å²) < 4.78 is 11.8. The first kappa shape index (κ1) is 22.5. The Labute approximate surface area is 202 Å². The van der Waals surface area contributed by atoms with E-state index in [1.165, 1.54) is 12.1 Å². The van der Waals surface area contributed by atoms with Crippen molar-refractivity contribution in [1.82, 2.24) is 20.1 Å². The summed E-state index contributed by atoms with van der Waals surface area (Å²) in [4.78, 5) is 19.7. The van der Waals surface area contributed by atoms with Crippen LogP contribution in [0.5, 0.6) is 0 Å². The number of hydrogen-bond donors (Lipinski definition) is 1. The molecule has 2 aromatic heterocycles. The minimum atomic E-state index is -0.410. The highest BCUT2D eigenvalue weighted by Gasteiger charge is 2.41. The molecular formula is C24H25N5O4S. The highest BCUT2D eigenvalue weighted by atomic mass is 32.1. The van der Waals surface area contributed by atoms with Crippen LogP contribution in [-0.4, -0.2) is 64.2 Å². The minimum absolute atomic E-state index is 0.0466. The molecule has 2 saturated heterocycles. The molecule has 4 heterocycles. The van der Waals surface area contributed by atoms with Crippen molar-refractivity contribution < 1.29 is 14.1 Å². The lowest BCUT2D eigenvalue weighted by molar-refractivity contribution is -0.384. The molecule has 3 aromatic rings. The summed E-state index contributed by atoms with van der Waals surface area (Å²) in [5, 5.41) is 15.1. The number of hydrogen-bond acceptors (Lipinski definition) is 7. The SMILES string of the molecule is O=[N+]([O-])c1ccc(-c2ccc([C@H]3[C@H](c4ccccn4)NC(=S)N3CCN3CCOCC3)o2)cc1. The molecule has 0 saturated carbocycles. The standard InChI is InChI=1S/C24H25N5O4S/c30-29(31)18-6-4-17(5-7-18)20-8-9-21(33-20)23-22(19-3-1-2-10-25-19)26-24(34)28(23)12-11-27-13-15-32-16-14-27/h1-10,22-23H,11-16H2,(H,26,34)/t22-,23-/m0/s1. The van der Waals surface area contributed by atoms with Crippen molar-refractivity contribution in [2.24, 2.45) is 0 Å². The molecule has 2 aliphatic heterocycles. The predicted octanol–water partition coefficient (Wildman–Crippen LogP) is 3.55. The van der Waals surface area contributed by atoms with E-state index in [0.717, 1.165) is 56.4 Å². The van der Waals surface area contributed by atoms with Gasteiger partial charge in [0.25, 0.3) is 5.69 Å². The molecule has 9 nitrogen and oxygen atoms in total. The Morgan fingerprint density at radius 2 is 1.88 bits per heavy atom. The topological polar surface area (TPSA) is 96.9 Å². The Morgan fingerprint density at radius 3 is 2.59 bits per heavy atom. The van der Waals surface area contributed by atoms with E-state index in [1.807, 2.05) is 30.3 Å². The van der Waals surface area contributed by atoms with Gasteiger partial charge in [-0.2, -0.15) is 0 Å². The third-order valence-corrected chi connectivity index (χ3v) is 6.59. The minimum Gasteiger partial charge on any atom is -0.459 e. The second-order valence-corrected chi connectivity index (χ2v) is 8.67. The van der Waals surface area contributed by atoms with Gasteiger partial charge in [0.2, 0.25) is 0 Å². The number of benzene rings is 1. The Balaban J connectivity index is 1.43. The number of rotatable bonds is 7. The van der Waals surface area contributed by atoms with Crippen molar-refractivity contribution in [3.8, 4) is 11.3 Å². The number of furan rings is 1. The van der Waals surface area contributed by atoms with Crippen LogP contribution in [0.2, 0.25) is 0 Å². The van der Waals surface area contributed by atoms with E-state index in [2.05, 4.69) is 20.1 Å². The van der Waals surface area contributed by atoms with E-state index in [4.69, 9.17) is 21.4 Å². The molecule has 5 rings (SSSR count). The van der Waals surface area contributed by atoms with Crippen molar-refractivity contribution >= 4 is 23.0 Å². The molecular weight excluding hydrogens is 454 g/mol. The summed E-state index contributed by atoms with van der Waals surface area (Å²) in [5.74, 6) is 1.41. The van der Waals surface area contributed by atoms with Crippen molar-refractivity contribution in [2.45, 2.75) is 12.1 Å². The summed E-state index contributed by atoms with van der Waals surface area (Å²) in [6.45, 7) is 4.93. The van der Waals surface area contributed by atoms with Gasteiger partial charge in [-0.15, -0.1) is 0 Å². The maximum atomic E-state index is 11.0. The number of aromatic nitrogens is 1. The number of non-ortho nitro benzene ring substituents is 1. The molecule has 1 N–H and O–H groups in total. The summed E-state index contributed by atoms with van der Waals surface area (Å²) in [6.07, 6.45) is 1.78. The van der Waals surface area contributed by atoms with Gasteiger partial charge in [0, 0.05) is 50.1 Å². The number of nitrogens with zero attached hydrogens (tertiary/aromatic N) is 4. The zero-order valence-electron chi connectivity index (χ0n) is 18.5. The van der Waals surface area contributed by atoms with Crippen LogP contribution in [0.15, 0.2) is 65.2 Å². The molecule has 34 heavy (non-hydrogen) atoms. The number of morpholine rings is 1. The Bertz CT molecular complexity index is 1150. The first-order valence-corrected chi connectivity index (χ1v) is 11.6. The average Bonchev–Trinajstić information content (AvgIpc) is 3.48. The van der Waals surface area contributed by atoms with Gasteiger partial charge in [0.15, 0.2) is 5.11 Å². The predicted molar refractivity (Wildman–Crippen MR) is 130 cm³/mol. The first-order chi connectivity index (χ1) is 16.6. The van der Waals surface area contributed by atoms with E-state index in [9.17, 15) is 10.1 Å². The smallest absolute Gasteiger partial charge is 0.269 e. The second-order valence-electron chi connectivity index (χ2n) is 8.28. The van der Waals surface area contributed by atoms with Crippen LogP contribution >= 0.6 is 12.2 Å². The van der Waals surface area contributed by atoms with Crippen LogP contribution in [0.25, 0.3) is 11.3 Å². The van der Waals surface area contributed by atoms with E-state index < -0.39 is 4.92 Å². The molecule has 0 bridgehead atoms. The molecule has 10 heteroatoms. The molecule has 1 aromatic carbocycles. The highest BCUT2D eigenvalue weighted by Crippen LogP contribution is 2.40. The van der Waals surface area contributed by atoms with Gasteiger partial charge in [0.1, 0.15) is 17.6 Å². The van der Waals surface area contributed by atoms with E-state index in [-0.39, 0.29) is 17.8 Å². The molecule has 176 valence electrons.